The lowest BCUT2D eigenvalue weighted by Gasteiger charge is -2.44. The van der Waals surface area contributed by atoms with E-state index in [0.717, 1.165) is 13.0 Å². The molecule has 3 nitrogen and oxygen atoms in total. The molecule has 3 unspecified atom stereocenters. The Labute approximate surface area is 92.5 Å². The van der Waals surface area contributed by atoms with Crippen molar-refractivity contribution in [1.82, 2.24) is 5.32 Å². The molecule has 2 aliphatic carbocycles. The smallest absolute Gasteiger partial charge is 0.0990 e. The van der Waals surface area contributed by atoms with Crippen molar-refractivity contribution in [3.8, 4) is 0 Å². The number of hydrogen-bond donors (Lipinski definition) is 1. The van der Waals surface area contributed by atoms with Gasteiger partial charge in [0.1, 0.15) is 0 Å². The molecule has 15 heavy (non-hydrogen) atoms. The summed E-state index contributed by atoms with van der Waals surface area (Å²) in [6, 6.07) is 0.497. The molecule has 88 valence electrons. The fourth-order valence-electron chi connectivity index (χ4n) is 2.68. The second kappa shape index (κ2) is 5.28. The molecular weight excluding hydrogens is 190 g/mol. The van der Waals surface area contributed by atoms with Crippen LogP contribution in [0.2, 0.25) is 0 Å². The van der Waals surface area contributed by atoms with E-state index in [-0.39, 0.29) is 6.10 Å². The van der Waals surface area contributed by atoms with E-state index in [1.54, 1.807) is 0 Å². The van der Waals surface area contributed by atoms with Crippen molar-refractivity contribution in [2.45, 2.75) is 63.4 Å². The molecule has 0 aromatic carbocycles. The van der Waals surface area contributed by atoms with E-state index in [0.29, 0.717) is 18.2 Å². The monoisotopic (exact) mass is 213 g/mol. The molecular formula is C12H23NO2. The Morgan fingerprint density at radius 1 is 1.27 bits per heavy atom. The Bertz CT molecular complexity index is 192. The van der Waals surface area contributed by atoms with E-state index in [2.05, 4.69) is 12.2 Å². The normalized spacial score (nSPS) is 36.8. The maximum Gasteiger partial charge on any atom is 0.0990 e. The Hall–Kier alpha value is -0.120. The molecule has 0 saturated heterocycles. The molecule has 0 aromatic heterocycles. The molecule has 0 bridgehead atoms. The van der Waals surface area contributed by atoms with E-state index >= 15 is 0 Å². The van der Waals surface area contributed by atoms with Crippen molar-refractivity contribution in [3.05, 3.63) is 0 Å². The molecule has 0 radical (unpaired) electrons. The van der Waals surface area contributed by atoms with Gasteiger partial charge in [-0.15, -0.1) is 0 Å². The van der Waals surface area contributed by atoms with Crippen LogP contribution in [0.1, 0.15) is 39.0 Å². The van der Waals surface area contributed by atoms with Gasteiger partial charge in [0.05, 0.1) is 18.3 Å². The van der Waals surface area contributed by atoms with Crippen LogP contribution in [0.25, 0.3) is 0 Å². The minimum atomic E-state index is 0.278. The highest BCUT2D eigenvalue weighted by atomic mass is 16.6. The molecule has 0 heterocycles. The zero-order chi connectivity index (χ0) is 10.7. The van der Waals surface area contributed by atoms with Gasteiger partial charge in [-0.25, -0.2) is 0 Å². The molecule has 3 heteroatoms. The number of nitrogens with one attached hydrogen (secondary N) is 1. The minimum absolute atomic E-state index is 0.278. The van der Waals surface area contributed by atoms with Crippen molar-refractivity contribution < 1.29 is 9.47 Å². The molecule has 0 aliphatic heterocycles. The average molecular weight is 213 g/mol. The number of likely N-dealkylation sites (N-methyl/N-ethyl adjacent to an activating group) is 1. The first-order valence-electron chi connectivity index (χ1n) is 6.29. The first-order valence-corrected chi connectivity index (χ1v) is 6.29. The first kappa shape index (κ1) is 11.4. The Morgan fingerprint density at radius 2 is 2.00 bits per heavy atom. The number of hydrogen-bond acceptors (Lipinski definition) is 3. The fourth-order valence-corrected chi connectivity index (χ4v) is 2.68. The summed E-state index contributed by atoms with van der Waals surface area (Å²) in [5, 5.41) is 3.29. The highest BCUT2D eigenvalue weighted by molar-refractivity contribution is 4.97. The molecule has 2 aliphatic rings. The first-order chi connectivity index (χ1) is 7.35. The molecule has 0 aromatic rings. The van der Waals surface area contributed by atoms with E-state index < -0.39 is 0 Å². The fraction of sp³-hybridized carbons (Fsp3) is 1.00. The zero-order valence-corrected chi connectivity index (χ0v) is 9.87. The summed E-state index contributed by atoms with van der Waals surface area (Å²) in [4.78, 5) is 0. The third-order valence-electron chi connectivity index (χ3n) is 3.65. The van der Waals surface area contributed by atoms with Crippen LogP contribution in [0.5, 0.6) is 0 Å². The highest BCUT2D eigenvalue weighted by Gasteiger charge is 2.43. The van der Waals surface area contributed by atoms with Crippen molar-refractivity contribution >= 4 is 0 Å². The molecule has 0 spiro atoms. The third kappa shape index (κ3) is 2.52. The number of ether oxygens (including phenoxy) is 2. The Kier molecular flexibility index (Phi) is 4.00. The van der Waals surface area contributed by atoms with Gasteiger partial charge in [-0.1, -0.05) is 12.8 Å². The summed E-state index contributed by atoms with van der Waals surface area (Å²) >= 11 is 0. The standard InChI is InChI=1S/C12H23NO2/c1-3-14-12-10(13-2)8-11(12)15-9-6-4-5-7-9/h9-13H,3-8H2,1-2H3. The van der Waals surface area contributed by atoms with Crippen LogP contribution in [0, 0.1) is 0 Å². The van der Waals surface area contributed by atoms with E-state index in [4.69, 9.17) is 9.47 Å². The summed E-state index contributed by atoms with van der Waals surface area (Å²) in [6.07, 6.45) is 7.41. The second-order valence-corrected chi connectivity index (χ2v) is 4.63. The van der Waals surface area contributed by atoms with Crippen LogP contribution >= 0.6 is 0 Å². The summed E-state index contributed by atoms with van der Waals surface area (Å²) in [6.45, 7) is 2.84. The van der Waals surface area contributed by atoms with Crippen molar-refractivity contribution in [2.24, 2.45) is 0 Å². The summed E-state index contributed by atoms with van der Waals surface area (Å²) in [5.74, 6) is 0. The lowest BCUT2D eigenvalue weighted by Crippen LogP contribution is -2.59. The summed E-state index contributed by atoms with van der Waals surface area (Å²) < 4.78 is 11.8. The van der Waals surface area contributed by atoms with Gasteiger partial charge < -0.3 is 14.8 Å². The molecule has 1 N–H and O–H groups in total. The minimum Gasteiger partial charge on any atom is -0.374 e. The second-order valence-electron chi connectivity index (χ2n) is 4.63. The van der Waals surface area contributed by atoms with Gasteiger partial charge in [-0.2, -0.15) is 0 Å². The predicted octanol–water partition coefficient (Wildman–Crippen LogP) is 1.71. The van der Waals surface area contributed by atoms with E-state index in [1.165, 1.54) is 25.7 Å². The van der Waals surface area contributed by atoms with Gasteiger partial charge in [-0.3, -0.25) is 0 Å². The Balaban J connectivity index is 1.77. The summed E-state index contributed by atoms with van der Waals surface area (Å²) in [5.41, 5.74) is 0. The lowest BCUT2D eigenvalue weighted by molar-refractivity contribution is -0.163. The van der Waals surface area contributed by atoms with Gasteiger partial charge in [0.25, 0.3) is 0 Å². The third-order valence-corrected chi connectivity index (χ3v) is 3.65. The predicted molar refractivity (Wildman–Crippen MR) is 60.0 cm³/mol. The topological polar surface area (TPSA) is 30.5 Å². The van der Waals surface area contributed by atoms with Crippen LogP contribution < -0.4 is 5.32 Å². The van der Waals surface area contributed by atoms with Crippen molar-refractivity contribution in [2.75, 3.05) is 13.7 Å². The van der Waals surface area contributed by atoms with Gasteiger partial charge in [0, 0.05) is 12.6 Å². The van der Waals surface area contributed by atoms with Gasteiger partial charge >= 0.3 is 0 Å². The van der Waals surface area contributed by atoms with E-state index in [1.807, 2.05) is 7.05 Å². The average Bonchev–Trinajstić information content (AvgIpc) is 2.73. The lowest BCUT2D eigenvalue weighted by atomic mass is 9.85. The zero-order valence-electron chi connectivity index (χ0n) is 9.87. The molecule has 2 fully saturated rings. The van der Waals surface area contributed by atoms with Crippen LogP contribution in [0.3, 0.4) is 0 Å². The molecule has 0 amide bonds. The van der Waals surface area contributed by atoms with Gasteiger partial charge in [-0.05, 0) is 33.2 Å². The Morgan fingerprint density at radius 3 is 2.60 bits per heavy atom. The number of rotatable bonds is 5. The quantitative estimate of drug-likeness (QED) is 0.754. The highest BCUT2D eigenvalue weighted by Crippen LogP contribution is 2.32. The van der Waals surface area contributed by atoms with Crippen LogP contribution in [-0.4, -0.2) is 38.0 Å². The van der Waals surface area contributed by atoms with Crippen LogP contribution in [0.4, 0.5) is 0 Å². The largest absolute Gasteiger partial charge is 0.374 e. The van der Waals surface area contributed by atoms with Crippen molar-refractivity contribution in [1.29, 1.82) is 0 Å². The molecule has 2 saturated carbocycles. The van der Waals surface area contributed by atoms with Crippen LogP contribution in [0.15, 0.2) is 0 Å². The van der Waals surface area contributed by atoms with Gasteiger partial charge in [0.15, 0.2) is 0 Å². The molecule has 3 atom stereocenters. The SMILES string of the molecule is CCOC1C(NC)CC1OC1CCCC1. The molecule has 2 rings (SSSR count). The summed E-state index contributed by atoms with van der Waals surface area (Å²) in [7, 11) is 2.00. The van der Waals surface area contributed by atoms with Gasteiger partial charge in [0.2, 0.25) is 0 Å². The van der Waals surface area contributed by atoms with E-state index in [9.17, 15) is 0 Å². The van der Waals surface area contributed by atoms with Crippen molar-refractivity contribution in [3.63, 3.8) is 0 Å². The maximum absolute atomic E-state index is 6.08. The van der Waals surface area contributed by atoms with Crippen LogP contribution in [-0.2, 0) is 9.47 Å². The maximum atomic E-state index is 6.08.